The lowest BCUT2D eigenvalue weighted by Crippen LogP contribution is -2.06. The maximum Gasteiger partial charge on any atom is 0.416 e. The zero-order chi connectivity index (χ0) is 93.9. The molecule has 16 aromatic rings. The number of rotatable bonds is 11. The molecular weight excluding hydrogens is 1910 g/mol. The molecule has 19 nitrogen and oxygen atoms in total. The second kappa shape index (κ2) is 40.0. The Balaban J connectivity index is 0.000000157. The molecule has 4 heterocycles. The van der Waals surface area contributed by atoms with E-state index in [0.717, 1.165) is 131 Å². The summed E-state index contributed by atoms with van der Waals surface area (Å²) in [7, 11) is 0. The van der Waals surface area contributed by atoms with E-state index >= 15 is 0 Å². The molecule has 0 fully saturated rings. The number of anilines is 1. The van der Waals surface area contributed by atoms with E-state index in [1.165, 1.54) is 48.5 Å². The number of H-pyrrole nitrogens is 4. The highest BCUT2D eigenvalue weighted by molar-refractivity contribution is 14.1. The van der Waals surface area contributed by atoms with E-state index in [9.17, 15) is 114 Å². The van der Waals surface area contributed by atoms with E-state index in [2.05, 4.69) is 58.5 Å². The third kappa shape index (κ3) is 24.2. The molecule has 0 bridgehead atoms. The molecule has 0 saturated carbocycles. The normalized spacial score (nSPS) is 11.7. The zero-order valence-electron chi connectivity index (χ0n) is 66.4. The summed E-state index contributed by atoms with van der Waals surface area (Å²) in [5.41, 5.74) is 12.8. The number of nitrogen functional groups attached to an aromatic ring is 1. The molecule has 0 radical (unpaired) electrons. The molecule has 0 unspecified atom stereocenters. The van der Waals surface area contributed by atoms with Crippen LogP contribution in [0.4, 0.5) is 96.1 Å². The van der Waals surface area contributed by atoms with Gasteiger partial charge in [-0.3, -0.25) is 26.0 Å². The highest BCUT2D eigenvalue weighted by Crippen LogP contribution is 2.42. The number of hydrogen-bond acceptors (Lipinski definition) is 13. The first-order chi connectivity index (χ1) is 60.1. The first kappa shape index (κ1) is 96.8. The minimum Gasteiger partial charge on any atom is -0.479 e. The van der Waals surface area contributed by atoms with Crippen LogP contribution in [0.1, 0.15) is 90.8 Å². The van der Waals surface area contributed by atoms with Crippen LogP contribution >= 0.6 is 38.5 Å². The van der Waals surface area contributed by atoms with E-state index in [0.29, 0.717) is 85.4 Å². The Bertz CT molecular complexity index is 6640. The summed E-state index contributed by atoms with van der Waals surface area (Å²) < 4.78 is 247. The monoisotopic (exact) mass is 1970 g/mol. The summed E-state index contributed by atoms with van der Waals surface area (Å²) in [6.45, 7) is 8.03. The van der Waals surface area contributed by atoms with Crippen LogP contribution in [0.2, 0.25) is 0 Å². The number of nitro groups is 2. The lowest BCUT2D eigenvalue weighted by molar-refractivity contribution is -0.385. The average molecular weight is 1970 g/mol. The second-order valence-corrected chi connectivity index (χ2v) is 29.4. The Morgan fingerprint density at radius 2 is 0.664 bits per heavy atom. The van der Waals surface area contributed by atoms with Crippen molar-refractivity contribution < 1.29 is 122 Å². The summed E-state index contributed by atoms with van der Waals surface area (Å²) in [6.07, 6.45) is -26.6. The van der Waals surface area contributed by atoms with Crippen molar-refractivity contribution in [2.24, 2.45) is 5.73 Å². The predicted molar refractivity (Wildman–Crippen MR) is 458 cm³/mol. The van der Waals surface area contributed by atoms with Gasteiger partial charge < -0.3 is 44.6 Å². The smallest absolute Gasteiger partial charge is 0.416 e. The Kier molecular flexibility index (Phi) is 30.3. The number of benzene rings is 12. The molecule has 0 aliphatic heterocycles. The third-order valence-corrected chi connectivity index (χ3v) is 20.1. The summed E-state index contributed by atoms with van der Waals surface area (Å²) in [5, 5.41) is 27.8. The lowest BCUT2D eigenvalue weighted by atomic mass is 10.00. The molecule has 0 saturated heterocycles. The van der Waals surface area contributed by atoms with Gasteiger partial charge in [-0.2, -0.15) is 79.0 Å². The third-order valence-electron chi connectivity index (χ3n) is 18.7. The molecular formula is C89H66BrF18IN8O11. The van der Waals surface area contributed by atoms with Gasteiger partial charge in [0.05, 0.1) is 95.3 Å². The van der Waals surface area contributed by atoms with Crippen molar-refractivity contribution in [2.45, 2.75) is 64.8 Å². The Morgan fingerprint density at radius 1 is 0.367 bits per heavy atom. The fourth-order valence-corrected chi connectivity index (χ4v) is 13.5. The number of carbonyl (C=O) groups is 3. The van der Waals surface area contributed by atoms with E-state index in [1.807, 2.05) is 37.3 Å². The van der Waals surface area contributed by atoms with Crippen molar-refractivity contribution in [3.05, 3.63) is 314 Å². The van der Waals surface area contributed by atoms with Crippen LogP contribution in [0.5, 0.6) is 5.75 Å². The van der Waals surface area contributed by atoms with Gasteiger partial charge >= 0.3 is 55.0 Å². The van der Waals surface area contributed by atoms with E-state index in [1.54, 1.807) is 87.5 Å². The van der Waals surface area contributed by atoms with Crippen molar-refractivity contribution in [1.29, 1.82) is 0 Å². The van der Waals surface area contributed by atoms with E-state index in [-0.39, 0.29) is 41.5 Å². The molecule has 668 valence electrons. The number of carbonyl (C=O) groups excluding carboxylic acids is 3. The number of aromatic amines is 4. The number of esters is 3. The van der Waals surface area contributed by atoms with Gasteiger partial charge in [0.1, 0.15) is 12.5 Å². The van der Waals surface area contributed by atoms with Gasteiger partial charge in [0.15, 0.2) is 0 Å². The van der Waals surface area contributed by atoms with Crippen molar-refractivity contribution in [3.8, 4) is 16.9 Å². The maximum absolute atomic E-state index is 12.8. The van der Waals surface area contributed by atoms with Gasteiger partial charge in [-0.15, -0.1) is 0 Å². The number of alkyl halides is 18. The maximum atomic E-state index is 12.8. The van der Waals surface area contributed by atoms with E-state index in [4.69, 9.17) is 30.4 Å². The molecule has 0 aliphatic rings. The SMILES string of the molecule is CCOC(=O)c1ccc(-c2ccc(C(F)(F)F)cc2[N+](=O)[O-])cc1.CCOC(=O)c1ccc(I)cc1.CCOC(=O)c1ccc2c(c1)[nH]c1cc(C(F)(F)F)ccc12.Cc1ccc2c(c1)[nH]c1cc(C(F)(F)F)ccc12.NCOc1ccc2c(c1)[nH]c1cc(C(F)(F)F)ccc12.Nc1ccc2c(c1)[nH]c1cc(C(F)(F)F)ccc12.O=[N+]([O-])c1cc(C(F)(F)F)ccc1Br. The number of aryl methyl sites for hydroxylation is 1. The Labute approximate surface area is 732 Å². The van der Waals surface area contributed by atoms with Crippen LogP contribution in [0.3, 0.4) is 0 Å². The second-order valence-electron chi connectivity index (χ2n) is 27.3. The molecule has 4 aromatic heterocycles. The van der Waals surface area contributed by atoms with Crippen LogP contribution in [-0.4, -0.2) is 74.2 Å². The fraction of sp³-hybridized carbons (Fsp3) is 0.157. The Hall–Kier alpha value is -13.4. The molecule has 8 N–H and O–H groups in total. The van der Waals surface area contributed by atoms with Crippen LogP contribution in [0, 0.1) is 30.7 Å². The number of halogens is 20. The number of nitrogens with one attached hydrogen (secondary N) is 4. The quantitative estimate of drug-likeness (QED) is 0.0103. The molecule has 16 rings (SSSR count). The van der Waals surface area contributed by atoms with Crippen molar-refractivity contribution in [3.63, 3.8) is 0 Å². The molecule has 0 atom stereocenters. The molecule has 0 spiro atoms. The van der Waals surface area contributed by atoms with Crippen molar-refractivity contribution in [2.75, 3.05) is 32.3 Å². The molecule has 0 aliphatic carbocycles. The number of nitrogens with two attached hydrogens (primary N) is 2. The van der Waals surface area contributed by atoms with Crippen LogP contribution in [0.25, 0.3) is 98.4 Å². The lowest BCUT2D eigenvalue weighted by Gasteiger charge is -2.09. The first-order valence-electron chi connectivity index (χ1n) is 37.4. The highest BCUT2D eigenvalue weighted by Gasteiger charge is 2.37. The number of hydrogen-bond donors (Lipinski definition) is 6. The molecule has 12 aromatic carbocycles. The van der Waals surface area contributed by atoms with Crippen LogP contribution in [-0.2, 0) is 51.3 Å². The molecule has 39 heteroatoms. The number of ether oxygens (including phenoxy) is 4. The van der Waals surface area contributed by atoms with Gasteiger partial charge in [0.2, 0.25) is 0 Å². The minimum atomic E-state index is -4.67. The van der Waals surface area contributed by atoms with Gasteiger partial charge in [0, 0.05) is 109 Å². The van der Waals surface area contributed by atoms with Gasteiger partial charge in [0.25, 0.3) is 11.4 Å². The summed E-state index contributed by atoms with van der Waals surface area (Å²) in [6, 6.07) is 53.4. The van der Waals surface area contributed by atoms with Gasteiger partial charge in [-0.05, 0) is 229 Å². The minimum absolute atomic E-state index is 0.0236. The highest BCUT2D eigenvalue weighted by atomic mass is 127. The summed E-state index contributed by atoms with van der Waals surface area (Å²) >= 11 is 4.98. The summed E-state index contributed by atoms with van der Waals surface area (Å²) in [5.74, 6) is -0.693. The van der Waals surface area contributed by atoms with E-state index < -0.39 is 104 Å². The first-order valence-corrected chi connectivity index (χ1v) is 39.3. The topological polar surface area (TPSA) is 290 Å². The summed E-state index contributed by atoms with van der Waals surface area (Å²) in [4.78, 5) is 65.9. The molecule has 128 heavy (non-hydrogen) atoms. The number of aromatic nitrogens is 4. The molecule has 0 amide bonds. The number of fused-ring (bicyclic) bond motifs is 12. The average Bonchev–Trinajstić information content (AvgIpc) is 1.58. The zero-order valence-corrected chi connectivity index (χ0v) is 70.1. The van der Waals surface area contributed by atoms with Crippen molar-refractivity contribution in [1.82, 2.24) is 19.9 Å². The van der Waals surface area contributed by atoms with Gasteiger partial charge in [-0.1, -0.05) is 60.7 Å². The standard InChI is InChI=1S/C16H12F3NO4.C16H12F3NO2.C14H11F3N2O.C14H10F3N.C13H9F3N2.C9H9IO2.C7H3BrF3NO2/c1-2-24-15(21)11-5-3-10(4-6-11)13-8-7-12(16(17,18)19)9-14(13)20(22)23;1-2-22-15(21)9-3-5-11-12-6-4-10(16(17,18)19)8-14(12)20-13(11)7-9;15-14(16,17)8-1-3-10-11-4-2-9(20-7-18)6-13(11)19-12(10)5-8;1-8-2-4-10-11-5-3-9(14(15,16)17)7-13(11)18-12(10)6-8;14-13(15,16)7-1-3-9-10-4-2-8(17)6-12(10)18-11(9)5-7;1-2-12-9(11)7-3-5-8(10)6-4-7;8-5-2-1-4(7(9,10)11)3-6(5)12(13)14/h3-9H,2H2,1H3;3-8,20H,2H2,1H3;1-6,19H,7,18H2;2-7,18H,1H3;1-6,18H,17H2;3-6H,2H2,1H3;1-3H. The number of nitro benzene ring substituents is 2. The van der Waals surface area contributed by atoms with Crippen LogP contribution in [0.15, 0.2) is 235 Å². The Morgan fingerprint density at radius 3 is 1.05 bits per heavy atom. The van der Waals surface area contributed by atoms with Gasteiger partial charge in [-0.25, -0.2) is 14.4 Å². The van der Waals surface area contributed by atoms with Crippen LogP contribution < -0.4 is 16.2 Å². The largest absolute Gasteiger partial charge is 0.479 e. The number of nitrogens with zero attached hydrogens (tertiary/aromatic N) is 2. The fourth-order valence-electron chi connectivity index (χ4n) is 12.7. The predicted octanol–water partition coefficient (Wildman–Crippen LogP) is 27.0. The van der Waals surface area contributed by atoms with Crippen molar-refractivity contribution >= 4 is 161 Å².